The van der Waals surface area contributed by atoms with Crippen LogP contribution in [0, 0.1) is 10.8 Å². The van der Waals surface area contributed by atoms with Gasteiger partial charge in [-0.25, -0.2) is 9.59 Å². The van der Waals surface area contributed by atoms with Gasteiger partial charge in [-0.05, 0) is 60.3 Å². The van der Waals surface area contributed by atoms with Gasteiger partial charge < -0.3 is 20.1 Å². The van der Waals surface area contributed by atoms with Gasteiger partial charge in [0.2, 0.25) is 0 Å². The molecule has 6 nitrogen and oxygen atoms in total. The first-order chi connectivity index (χ1) is 21.2. The van der Waals surface area contributed by atoms with Crippen molar-refractivity contribution in [1.82, 2.24) is 10.6 Å². The molecule has 0 saturated heterocycles. The third kappa shape index (κ3) is 9.87. The van der Waals surface area contributed by atoms with Crippen molar-refractivity contribution in [2.75, 3.05) is 0 Å². The quantitative estimate of drug-likeness (QED) is 0.192. The number of carbonyl (C=O) groups is 2. The molecular weight excluding hydrogens is 548 g/mol. The van der Waals surface area contributed by atoms with Crippen molar-refractivity contribution < 1.29 is 19.1 Å². The average molecular weight is 599 g/mol. The van der Waals surface area contributed by atoms with Crippen molar-refractivity contribution in [3.63, 3.8) is 0 Å². The molecule has 0 radical (unpaired) electrons. The summed E-state index contributed by atoms with van der Waals surface area (Å²) in [5.41, 5.74) is 1.57. The van der Waals surface area contributed by atoms with E-state index in [1.54, 1.807) is 12.1 Å². The fraction of sp³-hybridized carbons (Fsp3) is 0.474. The van der Waals surface area contributed by atoms with Crippen LogP contribution in [-0.4, -0.2) is 24.3 Å². The summed E-state index contributed by atoms with van der Waals surface area (Å²) in [6, 6.07) is 26.5. The molecule has 0 spiro atoms. The molecule has 3 atom stereocenters. The maximum Gasteiger partial charge on any atom is 0.412 e. The SMILES string of the molecule is CCCCCCCCC(NC(=O)Oc1ccccc1)C1(C)CC(NC(=O)Oc2ccccc2-c2ccccc2)CC(C)(C)C1. The van der Waals surface area contributed by atoms with Crippen LogP contribution >= 0.6 is 0 Å². The second-order valence-electron chi connectivity index (χ2n) is 13.5. The van der Waals surface area contributed by atoms with Crippen LogP contribution < -0.4 is 20.1 Å². The number of rotatable bonds is 13. The van der Waals surface area contributed by atoms with E-state index in [2.05, 4.69) is 38.3 Å². The van der Waals surface area contributed by atoms with Crippen molar-refractivity contribution in [1.29, 1.82) is 0 Å². The number of carbonyl (C=O) groups excluding carboxylic acids is 2. The minimum atomic E-state index is -0.456. The number of amides is 2. The fourth-order valence-corrected chi connectivity index (χ4v) is 7.11. The Bertz CT molecular complexity index is 1330. The highest BCUT2D eigenvalue weighted by Crippen LogP contribution is 2.49. The van der Waals surface area contributed by atoms with Crippen LogP contribution in [-0.2, 0) is 0 Å². The van der Waals surface area contributed by atoms with Crippen LogP contribution in [0.15, 0.2) is 84.9 Å². The summed E-state index contributed by atoms with van der Waals surface area (Å²) in [6.45, 7) is 8.98. The Morgan fingerprint density at radius 3 is 2.14 bits per heavy atom. The maximum absolute atomic E-state index is 13.3. The average Bonchev–Trinajstić information content (AvgIpc) is 2.98. The summed E-state index contributed by atoms with van der Waals surface area (Å²) in [5.74, 6) is 1.05. The fourth-order valence-electron chi connectivity index (χ4n) is 7.11. The molecule has 1 aliphatic rings. The number of ether oxygens (including phenoxy) is 2. The van der Waals surface area contributed by atoms with Gasteiger partial charge in [0.15, 0.2) is 0 Å². The van der Waals surface area contributed by atoms with Gasteiger partial charge in [0.1, 0.15) is 11.5 Å². The molecule has 1 saturated carbocycles. The smallest absolute Gasteiger partial charge is 0.410 e. The number of benzene rings is 3. The molecular formula is C38H50N2O4. The zero-order valence-electron chi connectivity index (χ0n) is 26.9. The van der Waals surface area contributed by atoms with Crippen LogP contribution in [0.25, 0.3) is 11.1 Å². The first-order valence-electron chi connectivity index (χ1n) is 16.3. The van der Waals surface area contributed by atoms with Crippen molar-refractivity contribution in [3.8, 4) is 22.6 Å². The zero-order chi connectivity index (χ0) is 31.4. The molecule has 0 aliphatic heterocycles. The standard InChI is InChI=1S/C38H50N2O4/c1-5-6-7-8-9-16-25-34(40-36(42)43-31-21-14-11-15-22-31)38(4)27-30(26-37(2,3)28-38)39-35(41)44-33-24-18-17-23-32(33)29-19-12-10-13-20-29/h10-15,17-24,30,34H,5-9,16,25-28H2,1-4H3,(H,39,41)(H,40,42). The van der Waals surface area contributed by atoms with Gasteiger partial charge in [-0.15, -0.1) is 0 Å². The Kier molecular flexibility index (Phi) is 11.9. The van der Waals surface area contributed by atoms with Crippen molar-refractivity contribution in [3.05, 3.63) is 84.9 Å². The Hall–Kier alpha value is -3.80. The molecule has 0 heterocycles. The number of para-hydroxylation sites is 2. The van der Waals surface area contributed by atoms with Crippen LogP contribution in [0.4, 0.5) is 9.59 Å². The third-order valence-electron chi connectivity index (χ3n) is 8.82. The van der Waals surface area contributed by atoms with Crippen LogP contribution in [0.2, 0.25) is 0 Å². The molecule has 3 aromatic carbocycles. The molecule has 3 aromatic rings. The van der Waals surface area contributed by atoms with E-state index in [4.69, 9.17) is 9.47 Å². The third-order valence-corrected chi connectivity index (χ3v) is 8.82. The predicted molar refractivity (Wildman–Crippen MR) is 178 cm³/mol. The first kappa shape index (κ1) is 33.1. The second kappa shape index (κ2) is 15.8. The predicted octanol–water partition coefficient (Wildman–Crippen LogP) is 9.93. The van der Waals surface area contributed by atoms with Crippen molar-refractivity contribution in [2.45, 2.75) is 104 Å². The van der Waals surface area contributed by atoms with E-state index >= 15 is 0 Å². The summed E-state index contributed by atoms with van der Waals surface area (Å²) in [5, 5.41) is 6.44. The summed E-state index contributed by atoms with van der Waals surface area (Å²) in [6.07, 6.45) is 9.57. The van der Waals surface area contributed by atoms with E-state index in [0.29, 0.717) is 11.5 Å². The Labute approximate surface area is 263 Å². The Morgan fingerprint density at radius 1 is 0.773 bits per heavy atom. The van der Waals surface area contributed by atoms with E-state index < -0.39 is 12.2 Å². The topological polar surface area (TPSA) is 76.7 Å². The minimum Gasteiger partial charge on any atom is -0.410 e. The molecule has 236 valence electrons. The normalized spacial score (nSPS) is 19.9. The highest BCUT2D eigenvalue weighted by atomic mass is 16.6. The van der Waals surface area contributed by atoms with Crippen molar-refractivity contribution in [2.24, 2.45) is 10.8 Å². The Morgan fingerprint density at radius 2 is 1.41 bits per heavy atom. The molecule has 1 aliphatic carbocycles. The molecule has 4 rings (SSSR count). The monoisotopic (exact) mass is 598 g/mol. The highest BCUT2D eigenvalue weighted by molar-refractivity contribution is 5.77. The number of hydrogen-bond donors (Lipinski definition) is 2. The lowest BCUT2D eigenvalue weighted by Gasteiger charge is -2.50. The molecule has 6 heteroatoms. The summed E-state index contributed by atoms with van der Waals surface area (Å²) in [4.78, 5) is 26.4. The zero-order valence-corrected chi connectivity index (χ0v) is 26.9. The summed E-state index contributed by atoms with van der Waals surface area (Å²) >= 11 is 0. The van der Waals surface area contributed by atoms with Gasteiger partial charge in [-0.2, -0.15) is 0 Å². The van der Waals surface area contributed by atoms with E-state index in [-0.39, 0.29) is 22.9 Å². The van der Waals surface area contributed by atoms with Gasteiger partial charge in [0.25, 0.3) is 0 Å². The lowest BCUT2D eigenvalue weighted by molar-refractivity contribution is 0.0365. The second-order valence-corrected chi connectivity index (χ2v) is 13.5. The van der Waals surface area contributed by atoms with Gasteiger partial charge in [0.05, 0.1) is 0 Å². The highest BCUT2D eigenvalue weighted by Gasteiger charge is 2.46. The number of unbranched alkanes of at least 4 members (excludes halogenated alkanes) is 5. The van der Waals surface area contributed by atoms with Crippen molar-refractivity contribution >= 4 is 12.2 Å². The van der Waals surface area contributed by atoms with E-state index in [1.165, 1.54) is 25.7 Å². The lowest BCUT2D eigenvalue weighted by Crippen LogP contribution is -2.55. The molecule has 2 N–H and O–H groups in total. The van der Waals surface area contributed by atoms with Gasteiger partial charge in [-0.3, -0.25) is 0 Å². The summed E-state index contributed by atoms with van der Waals surface area (Å²) < 4.78 is 11.6. The largest absolute Gasteiger partial charge is 0.412 e. The van der Waals surface area contributed by atoms with Crippen LogP contribution in [0.3, 0.4) is 0 Å². The lowest BCUT2D eigenvalue weighted by atomic mass is 9.59. The van der Waals surface area contributed by atoms with Gasteiger partial charge in [-0.1, -0.05) is 133 Å². The van der Waals surface area contributed by atoms with E-state index in [0.717, 1.165) is 49.7 Å². The molecule has 0 bridgehead atoms. The Balaban J connectivity index is 1.46. The first-order valence-corrected chi connectivity index (χ1v) is 16.3. The van der Waals surface area contributed by atoms with Gasteiger partial charge >= 0.3 is 12.2 Å². The molecule has 1 fully saturated rings. The maximum atomic E-state index is 13.3. The molecule has 2 amide bonds. The molecule has 0 aromatic heterocycles. The van der Waals surface area contributed by atoms with E-state index in [9.17, 15) is 9.59 Å². The van der Waals surface area contributed by atoms with Crippen LogP contribution in [0.5, 0.6) is 11.5 Å². The van der Waals surface area contributed by atoms with Crippen LogP contribution in [0.1, 0.15) is 91.9 Å². The van der Waals surface area contributed by atoms with E-state index in [1.807, 2.05) is 72.8 Å². The minimum absolute atomic E-state index is 0.0444. The number of hydrogen-bond acceptors (Lipinski definition) is 4. The molecule has 3 unspecified atom stereocenters. The number of nitrogens with one attached hydrogen (secondary N) is 2. The summed E-state index contributed by atoms with van der Waals surface area (Å²) in [7, 11) is 0. The molecule has 44 heavy (non-hydrogen) atoms. The van der Waals surface area contributed by atoms with Gasteiger partial charge in [0, 0.05) is 17.6 Å².